The average Bonchev–Trinajstić information content (AvgIpc) is 2.46. The van der Waals surface area contributed by atoms with Gasteiger partial charge < -0.3 is 9.84 Å². The van der Waals surface area contributed by atoms with Crippen LogP contribution in [0.4, 0.5) is 0 Å². The number of hydrogen-bond donors (Lipinski definition) is 1. The van der Waals surface area contributed by atoms with Crippen molar-refractivity contribution in [3.63, 3.8) is 0 Å². The molecule has 1 aromatic rings. The molecule has 2 nitrogen and oxygen atoms in total. The molecule has 1 heterocycles. The molecule has 0 saturated carbocycles. The molecule has 0 spiro atoms. The van der Waals surface area contributed by atoms with Gasteiger partial charge in [-0.3, -0.25) is 0 Å². The third-order valence-electron chi connectivity index (χ3n) is 3.44. The summed E-state index contributed by atoms with van der Waals surface area (Å²) in [5, 5.41) is 8.92. The van der Waals surface area contributed by atoms with Crippen molar-refractivity contribution in [1.29, 1.82) is 0 Å². The van der Waals surface area contributed by atoms with E-state index in [-0.39, 0.29) is 6.61 Å². The minimum Gasteiger partial charge on any atom is -0.456 e. The van der Waals surface area contributed by atoms with Crippen LogP contribution in [0, 0.1) is 0 Å². The van der Waals surface area contributed by atoms with E-state index in [2.05, 4.69) is 28.1 Å². The van der Waals surface area contributed by atoms with Crippen LogP contribution in [0.2, 0.25) is 0 Å². The fraction of sp³-hybridized carbons (Fsp3) is 0.250. The van der Waals surface area contributed by atoms with Gasteiger partial charge in [-0.25, -0.2) is 0 Å². The lowest BCUT2D eigenvalue weighted by atomic mass is 9.92. The molecular weight excluding hydrogens is 304 g/mol. The molecule has 0 bridgehead atoms. The van der Waals surface area contributed by atoms with Crippen LogP contribution in [0.3, 0.4) is 0 Å². The number of aliphatic hydroxyl groups excluding tert-OH is 1. The van der Waals surface area contributed by atoms with Crippen molar-refractivity contribution in [1.82, 2.24) is 0 Å². The molecule has 0 unspecified atom stereocenters. The first-order valence-electron chi connectivity index (χ1n) is 6.46. The van der Waals surface area contributed by atoms with Crippen molar-refractivity contribution in [3.05, 3.63) is 58.9 Å². The number of hydrogen-bond acceptors (Lipinski definition) is 2. The zero-order valence-electron chi connectivity index (χ0n) is 10.5. The Balaban J connectivity index is 1.95. The third kappa shape index (κ3) is 2.40. The predicted octanol–water partition coefficient (Wildman–Crippen LogP) is 4.17. The highest BCUT2D eigenvalue weighted by atomic mass is 79.9. The maximum atomic E-state index is 8.92. The molecule has 0 saturated heterocycles. The third-order valence-corrected chi connectivity index (χ3v) is 4.34. The highest BCUT2D eigenvalue weighted by molar-refractivity contribution is 9.15. The summed E-state index contributed by atoms with van der Waals surface area (Å²) >= 11 is 3.71. The maximum Gasteiger partial charge on any atom is 0.135 e. The summed E-state index contributed by atoms with van der Waals surface area (Å²) in [6.07, 6.45) is 6.79. The standard InChI is InChI=1S/C16H15BrO2/c17-16-12-5-1-2-6-14(12)19-15-8-7-11(4-3-9-18)10-13(15)16/h1-2,5-8,18H,3-4,9-10H2. The second-order valence-corrected chi connectivity index (χ2v) is 5.54. The number of fused-ring (bicyclic) bond motifs is 2. The van der Waals surface area contributed by atoms with Crippen LogP contribution in [0.5, 0.6) is 5.75 Å². The molecule has 2 aliphatic rings. The molecule has 0 fully saturated rings. The molecule has 1 aliphatic carbocycles. The van der Waals surface area contributed by atoms with Crippen LogP contribution in [-0.2, 0) is 0 Å². The Hall–Kier alpha value is -1.32. The van der Waals surface area contributed by atoms with E-state index in [1.807, 2.05) is 24.3 Å². The van der Waals surface area contributed by atoms with Gasteiger partial charge in [-0.1, -0.05) is 29.8 Å². The monoisotopic (exact) mass is 318 g/mol. The van der Waals surface area contributed by atoms with Gasteiger partial charge >= 0.3 is 0 Å². The van der Waals surface area contributed by atoms with Gasteiger partial charge in [0, 0.05) is 22.2 Å². The molecule has 0 radical (unpaired) electrons. The van der Waals surface area contributed by atoms with Crippen LogP contribution in [0.1, 0.15) is 24.8 Å². The number of rotatable bonds is 3. The minimum absolute atomic E-state index is 0.244. The summed E-state index contributed by atoms with van der Waals surface area (Å²) in [4.78, 5) is 0. The molecule has 0 aromatic heterocycles. The van der Waals surface area contributed by atoms with E-state index in [1.54, 1.807) is 0 Å². The van der Waals surface area contributed by atoms with Gasteiger partial charge in [0.25, 0.3) is 0 Å². The van der Waals surface area contributed by atoms with E-state index in [4.69, 9.17) is 9.84 Å². The van der Waals surface area contributed by atoms with Crippen molar-refractivity contribution in [3.8, 4) is 5.75 Å². The van der Waals surface area contributed by atoms with Crippen LogP contribution in [-0.4, -0.2) is 11.7 Å². The molecule has 0 atom stereocenters. The fourth-order valence-corrected chi connectivity index (χ4v) is 3.11. The zero-order chi connectivity index (χ0) is 13.2. The number of para-hydroxylation sites is 1. The highest BCUT2D eigenvalue weighted by Crippen LogP contribution is 2.44. The second-order valence-electron chi connectivity index (χ2n) is 4.75. The van der Waals surface area contributed by atoms with Crippen LogP contribution >= 0.6 is 15.9 Å². The summed E-state index contributed by atoms with van der Waals surface area (Å²) < 4.78 is 7.06. The fourth-order valence-electron chi connectivity index (χ4n) is 2.44. The largest absolute Gasteiger partial charge is 0.456 e. The van der Waals surface area contributed by atoms with Gasteiger partial charge in [0.15, 0.2) is 0 Å². The Kier molecular flexibility index (Phi) is 3.58. The van der Waals surface area contributed by atoms with E-state index in [0.717, 1.165) is 40.8 Å². The normalized spacial score (nSPS) is 17.2. The van der Waals surface area contributed by atoms with Crippen molar-refractivity contribution in [2.45, 2.75) is 19.3 Å². The van der Waals surface area contributed by atoms with Gasteiger partial charge in [0.1, 0.15) is 11.5 Å². The first-order chi connectivity index (χ1) is 9.29. The number of aliphatic hydroxyl groups is 1. The van der Waals surface area contributed by atoms with Crippen molar-refractivity contribution in [2.24, 2.45) is 0 Å². The predicted molar refractivity (Wildman–Crippen MR) is 80.0 cm³/mol. The quantitative estimate of drug-likeness (QED) is 0.906. The second kappa shape index (κ2) is 5.35. The first kappa shape index (κ1) is 12.7. The summed E-state index contributed by atoms with van der Waals surface area (Å²) in [5.74, 6) is 1.83. The summed E-state index contributed by atoms with van der Waals surface area (Å²) in [7, 11) is 0. The zero-order valence-corrected chi connectivity index (χ0v) is 12.1. The Labute approximate surface area is 121 Å². The molecule has 0 amide bonds. The summed E-state index contributed by atoms with van der Waals surface area (Å²) in [6, 6.07) is 8.05. The van der Waals surface area contributed by atoms with Crippen LogP contribution in [0.15, 0.2) is 53.3 Å². The average molecular weight is 319 g/mol. The maximum absolute atomic E-state index is 8.92. The smallest absolute Gasteiger partial charge is 0.135 e. The van der Waals surface area contributed by atoms with Crippen LogP contribution in [0.25, 0.3) is 4.48 Å². The Morgan fingerprint density at radius 2 is 2.05 bits per heavy atom. The van der Waals surface area contributed by atoms with E-state index in [0.29, 0.717) is 0 Å². The Bertz CT molecular complexity index is 597. The van der Waals surface area contributed by atoms with E-state index in [9.17, 15) is 0 Å². The van der Waals surface area contributed by atoms with Crippen molar-refractivity contribution >= 4 is 20.4 Å². The molecule has 3 heteroatoms. The summed E-state index contributed by atoms with van der Waals surface area (Å²) in [5.41, 5.74) is 3.65. The van der Waals surface area contributed by atoms with Crippen molar-refractivity contribution in [2.75, 3.05) is 6.61 Å². The SMILES string of the molecule is OCCCC1=CC=C2Oc3ccccc3C(Br)=C2C1. The molecule has 1 N–H and O–H groups in total. The van der Waals surface area contributed by atoms with Gasteiger partial charge in [-0.15, -0.1) is 0 Å². The van der Waals surface area contributed by atoms with Gasteiger partial charge in [0.2, 0.25) is 0 Å². The van der Waals surface area contributed by atoms with E-state index < -0.39 is 0 Å². The molecule has 98 valence electrons. The lowest BCUT2D eigenvalue weighted by molar-refractivity contribution is 0.288. The van der Waals surface area contributed by atoms with Crippen LogP contribution < -0.4 is 4.74 Å². The van der Waals surface area contributed by atoms with E-state index >= 15 is 0 Å². The molecular formula is C16H15BrO2. The summed E-state index contributed by atoms with van der Waals surface area (Å²) in [6.45, 7) is 0.244. The lowest BCUT2D eigenvalue weighted by Crippen LogP contribution is -2.11. The van der Waals surface area contributed by atoms with Crippen molar-refractivity contribution < 1.29 is 9.84 Å². The first-order valence-corrected chi connectivity index (χ1v) is 7.26. The minimum atomic E-state index is 0.244. The van der Waals surface area contributed by atoms with Gasteiger partial charge in [-0.05, 0) is 47.3 Å². The van der Waals surface area contributed by atoms with Gasteiger partial charge in [-0.2, -0.15) is 0 Å². The molecule has 19 heavy (non-hydrogen) atoms. The molecule has 1 aliphatic heterocycles. The number of benzene rings is 1. The highest BCUT2D eigenvalue weighted by Gasteiger charge is 2.24. The van der Waals surface area contributed by atoms with E-state index in [1.165, 1.54) is 11.1 Å². The molecule has 1 aromatic carbocycles. The van der Waals surface area contributed by atoms with Gasteiger partial charge in [0.05, 0.1) is 0 Å². The topological polar surface area (TPSA) is 29.5 Å². The molecule has 3 rings (SSSR count). The number of ether oxygens (including phenoxy) is 1. The Morgan fingerprint density at radius 3 is 2.89 bits per heavy atom. The lowest BCUT2D eigenvalue weighted by Gasteiger charge is -2.26. The Morgan fingerprint density at radius 1 is 1.21 bits per heavy atom. The number of halogens is 1. The number of allylic oxidation sites excluding steroid dienone is 4.